The molecule has 0 aliphatic rings. The highest BCUT2D eigenvalue weighted by atomic mass is 16.2. The van der Waals surface area contributed by atoms with E-state index in [0.717, 1.165) is 5.69 Å². The van der Waals surface area contributed by atoms with Gasteiger partial charge in [0.05, 0.1) is 18.6 Å². The summed E-state index contributed by atoms with van der Waals surface area (Å²) in [4.78, 5) is 4.02. The van der Waals surface area contributed by atoms with Gasteiger partial charge in [-0.1, -0.05) is 6.08 Å². The number of hydrogen-bond donors (Lipinski definition) is 1. The van der Waals surface area contributed by atoms with Crippen molar-refractivity contribution in [3.8, 4) is 0 Å². The topological polar surface area (TPSA) is 38.0 Å². The summed E-state index contributed by atoms with van der Waals surface area (Å²) in [5.41, 5.74) is 0.872. The van der Waals surface area contributed by atoms with E-state index in [1.54, 1.807) is 18.5 Å². The second-order valence-electron chi connectivity index (χ2n) is 2.05. The zero-order valence-electron chi connectivity index (χ0n) is 5.86. The maximum absolute atomic E-state index is 8.41. The maximum atomic E-state index is 8.41. The third kappa shape index (κ3) is 1.70. The summed E-state index contributed by atoms with van der Waals surface area (Å²) in [7, 11) is 1.91. The molecule has 3 nitrogen and oxygen atoms in total. The average molecular weight is 138 g/mol. The van der Waals surface area contributed by atoms with E-state index in [0.29, 0.717) is 0 Å². The molecule has 1 aromatic heterocycles. The van der Waals surface area contributed by atoms with E-state index in [4.69, 9.17) is 5.11 Å². The van der Waals surface area contributed by atoms with Gasteiger partial charge in [-0.25, -0.2) is 4.98 Å². The van der Waals surface area contributed by atoms with Gasteiger partial charge in [-0.05, 0) is 6.08 Å². The van der Waals surface area contributed by atoms with Crippen molar-refractivity contribution in [3.05, 3.63) is 24.3 Å². The minimum absolute atomic E-state index is 0.0660. The van der Waals surface area contributed by atoms with Gasteiger partial charge < -0.3 is 9.67 Å². The number of aliphatic hydroxyl groups is 1. The molecule has 0 unspecified atom stereocenters. The second-order valence-corrected chi connectivity index (χ2v) is 2.05. The van der Waals surface area contributed by atoms with Gasteiger partial charge in [-0.3, -0.25) is 0 Å². The van der Waals surface area contributed by atoms with Gasteiger partial charge in [0.25, 0.3) is 0 Å². The van der Waals surface area contributed by atoms with Crippen molar-refractivity contribution < 1.29 is 5.11 Å². The van der Waals surface area contributed by atoms with Crippen LogP contribution in [0.15, 0.2) is 18.6 Å². The van der Waals surface area contributed by atoms with E-state index < -0.39 is 0 Å². The molecular formula is C7H10N2O. The Balaban J connectivity index is 2.67. The Morgan fingerprint density at radius 2 is 2.60 bits per heavy atom. The molecule has 1 rings (SSSR count). The highest BCUT2D eigenvalue weighted by Gasteiger charge is 1.87. The molecule has 0 radical (unpaired) electrons. The first-order valence-corrected chi connectivity index (χ1v) is 3.08. The van der Waals surface area contributed by atoms with Crippen LogP contribution in [0.3, 0.4) is 0 Å². The van der Waals surface area contributed by atoms with E-state index in [9.17, 15) is 0 Å². The largest absolute Gasteiger partial charge is 0.392 e. The fourth-order valence-corrected chi connectivity index (χ4v) is 0.693. The van der Waals surface area contributed by atoms with E-state index in [2.05, 4.69) is 4.98 Å². The number of aromatic nitrogens is 2. The Bertz CT molecular complexity index is 227. The van der Waals surface area contributed by atoms with E-state index in [-0.39, 0.29) is 6.61 Å². The molecule has 1 heterocycles. The highest BCUT2D eigenvalue weighted by Crippen LogP contribution is 1.95. The SMILES string of the molecule is Cn1cnc(/C=C/CO)c1. The number of imidazole rings is 1. The van der Waals surface area contributed by atoms with Gasteiger partial charge in [0.15, 0.2) is 0 Å². The number of rotatable bonds is 2. The highest BCUT2D eigenvalue weighted by molar-refractivity contribution is 5.42. The van der Waals surface area contributed by atoms with Crippen molar-refractivity contribution in [1.29, 1.82) is 0 Å². The third-order valence-corrected chi connectivity index (χ3v) is 1.12. The van der Waals surface area contributed by atoms with Crippen molar-refractivity contribution in [1.82, 2.24) is 9.55 Å². The molecule has 0 saturated carbocycles. The molecule has 1 N–H and O–H groups in total. The van der Waals surface area contributed by atoms with Crippen molar-refractivity contribution >= 4 is 6.08 Å². The first-order valence-electron chi connectivity index (χ1n) is 3.08. The smallest absolute Gasteiger partial charge is 0.0950 e. The summed E-state index contributed by atoms with van der Waals surface area (Å²) < 4.78 is 1.86. The van der Waals surface area contributed by atoms with Crippen LogP contribution >= 0.6 is 0 Å². The Morgan fingerprint density at radius 3 is 3.10 bits per heavy atom. The molecule has 10 heavy (non-hydrogen) atoms. The Hall–Kier alpha value is -1.09. The third-order valence-electron chi connectivity index (χ3n) is 1.12. The molecule has 0 spiro atoms. The van der Waals surface area contributed by atoms with Gasteiger partial charge >= 0.3 is 0 Å². The van der Waals surface area contributed by atoms with Crippen LogP contribution in [0.5, 0.6) is 0 Å². The van der Waals surface area contributed by atoms with E-state index >= 15 is 0 Å². The number of hydrogen-bond acceptors (Lipinski definition) is 2. The van der Waals surface area contributed by atoms with Crippen LogP contribution < -0.4 is 0 Å². The van der Waals surface area contributed by atoms with E-state index in [1.807, 2.05) is 17.8 Å². The molecule has 0 atom stereocenters. The Morgan fingerprint density at radius 1 is 1.80 bits per heavy atom. The minimum Gasteiger partial charge on any atom is -0.392 e. The van der Waals surface area contributed by atoms with Crippen LogP contribution in [0.1, 0.15) is 5.69 Å². The van der Waals surface area contributed by atoms with E-state index in [1.165, 1.54) is 0 Å². The first kappa shape index (κ1) is 7.02. The van der Waals surface area contributed by atoms with Gasteiger partial charge in [-0.15, -0.1) is 0 Å². The molecular weight excluding hydrogens is 128 g/mol. The summed E-state index contributed by atoms with van der Waals surface area (Å²) in [5, 5.41) is 8.41. The Kier molecular flexibility index (Phi) is 2.23. The average Bonchev–Trinajstić information content (AvgIpc) is 2.31. The number of aliphatic hydroxyl groups excluding tert-OH is 1. The lowest BCUT2D eigenvalue weighted by Crippen LogP contribution is -1.77. The molecule has 1 aromatic rings. The van der Waals surface area contributed by atoms with Gasteiger partial charge in [0.2, 0.25) is 0 Å². The van der Waals surface area contributed by atoms with Crippen molar-refractivity contribution in [2.45, 2.75) is 0 Å². The molecule has 0 bridgehead atoms. The fourth-order valence-electron chi connectivity index (χ4n) is 0.693. The summed E-state index contributed by atoms with van der Waals surface area (Å²) in [6, 6.07) is 0. The summed E-state index contributed by atoms with van der Waals surface area (Å²) in [5.74, 6) is 0. The molecule has 3 heteroatoms. The minimum atomic E-state index is 0.0660. The lowest BCUT2D eigenvalue weighted by molar-refractivity contribution is 0.343. The first-order chi connectivity index (χ1) is 4.83. The number of nitrogens with zero attached hydrogens (tertiary/aromatic N) is 2. The van der Waals surface area contributed by atoms with Crippen LogP contribution in [0.25, 0.3) is 6.08 Å². The molecule has 0 fully saturated rings. The predicted octanol–water partition coefficient (Wildman–Crippen LogP) is 0.426. The summed E-state index contributed by atoms with van der Waals surface area (Å²) in [6.07, 6.45) is 7.03. The fraction of sp³-hybridized carbons (Fsp3) is 0.286. The predicted molar refractivity (Wildman–Crippen MR) is 39.3 cm³/mol. The zero-order chi connectivity index (χ0) is 7.40. The summed E-state index contributed by atoms with van der Waals surface area (Å²) >= 11 is 0. The van der Waals surface area contributed by atoms with Crippen molar-refractivity contribution in [2.75, 3.05) is 6.61 Å². The standard InChI is InChI=1S/C7H10N2O/c1-9-5-7(8-6-9)3-2-4-10/h2-3,5-6,10H,4H2,1H3/b3-2+. The molecule has 0 aromatic carbocycles. The van der Waals surface area contributed by atoms with Gasteiger partial charge in [0.1, 0.15) is 0 Å². The number of aryl methyl sites for hydroxylation is 1. The molecule has 54 valence electrons. The van der Waals surface area contributed by atoms with Crippen molar-refractivity contribution in [3.63, 3.8) is 0 Å². The van der Waals surface area contributed by atoms with Gasteiger partial charge in [0, 0.05) is 13.2 Å². The normalized spacial score (nSPS) is 11.0. The quantitative estimate of drug-likeness (QED) is 0.643. The Labute approximate surface area is 59.6 Å². The second kappa shape index (κ2) is 3.17. The molecule has 0 amide bonds. The molecule has 0 saturated heterocycles. The zero-order valence-corrected chi connectivity index (χ0v) is 5.86. The maximum Gasteiger partial charge on any atom is 0.0950 e. The summed E-state index contributed by atoms with van der Waals surface area (Å²) in [6.45, 7) is 0.0660. The van der Waals surface area contributed by atoms with Gasteiger partial charge in [-0.2, -0.15) is 0 Å². The molecule has 0 aliphatic carbocycles. The van der Waals surface area contributed by atoms with Crippen LogP contribution in [-0.4, -0.2) is 21.3 Å². The van der Waals surface area contributed by atoms with Crippen LogP contribution in [-0.2, 0) is 7.05 Å². The lowest BCUT2D eigenvalue weighted by atomic mass is 10.4. The molecule has 0 aliphatic heterocycles. The van der Waals surface area contributed by atoms with Crippen molar-refractivity contribution in [2.24, 2.45) is 7.05 Å². The lowest BCUT2D eigenvalue weighted by Gasteiger charge is -1.81. The van der Waals surface area contributed by atoms with Crippen LogP contribution in [0, 0.1) is 0 Å². The monoisotopic (exact) mass is 138 g/mol. The van der Waals surface area contributed by atoms with Crippen LogP contribution in [0.2, 0.25) is 0 Å². The van der Waals surface area contributed by atoms with Crippen LogP contribution in [0.4, 0.5) is 0 Å².